The summed E-state index contributed by atoms with van der Waals surface area (Å²) in [5, 5.41) is 11.9. The molecule has 1 aromatic rings. The number of amides is 2. The molecule has 0 unspecified atom stereocenters. The second-order valence-electron chi connectivity index (χ2n) is 5.30. The summed E-state index contributed by atoms with van der Waals surface area (Å²) in [5.41, 5.74) is 2.07. The SMILES string of the molecule is CCc1ccccc1NC(=O)N(CCCCO)C1CC1. The molecule has 2 amide bonds. The van der Waals surface area contributed by atoms with E-state index in [9.17, 15) is 4.79 Å². The van der Waals surface area contributed by atoms with E-state index in [1.807, 2.05) is 29.2 Å². The largest absolute Gasteiger partial charge is 0.396 e. The Morgan fingerprint density at radius 2 is 2.10 bits per heavy atom. The third-order valence-electron chi connectivity index (χ3n) is 3.70. The molecule has 2 N–H and O–H groups in total. The zero-order chi connectivity index (χ0) is 14.4. The van der Waals surface area contributed by atoms with E-state index < -0.39 is 0 Å². The van der Waals surface area contributed by atoms with Crippen molar-refractivity contribution in [2.75, 3.05) is 18.5 Å². The molecule has 0 saturated heterocycles. The molecule has 4 heteroatoms. The second-order valence-corrected chi connectivity index (χ2v) is 5.30. The first-order valence-corrected chi connectivity index (χ1v) is 7.52. The van der Waals surface area contributed by atoms with Crippen LogP contribution < -0.4 is 5.32 Å². The molecule has 110 valence electrons. The van der Waals surface area contributed by atoms with E-state index in [4.69, 9.17) is 5.11 Å². The first kappa shape index (κ1) is 14.9. The Balaban J connectivity index is 1.97. The number of rotatable bonds is 7. The summed E-state index contributed by atoms with van der Waals surface area (Å²) >= 11 is 0. The Kier molecular flexibility index (Phi) is 5.41. The van der Waals surface area contributed by atoms with Gasteiger partial charge in [0, 0.05) is 24.9 Å². The molecule has 0 heterocycles. The van der Waals surface area contributed by atoms with E-state index in [-0.39, 0.29) is 12.6 Å². The second kappa shape index (κ2) is 7.29. The van der Waals surface area contributed by atoms with Crippen molar-refractivity contribution in [1.82, 2.24) is 4.90 Å². The number of benzene rings is 1. The minimum Gasteiger partial charge on any atom is -0.396 e. The summed E-state index contributed by atoms with van der Waals surface area (Å²) in [6.45, 7) is 3.01. The van der Waals surface area contributed by atoms with Gasteiger partial charge in [-0.1, -0.05) is 25.1 Å². The molecule has 0 aliphatic heterocycles. The fourth-order valence-electron chi connectivity index (χ4n) is 2.37. The Morgan fingerprint density at radius 3 is 2.75 bits per heavy atom. The lowest BCUT2D eigenvalue weighted by atomic mass is 10.1. The summed E-state index contributed by atoms with van der Waals surface area (Å²) in [6, 6.07) is 8.32. The minimum absolute atomic E-state index is 0.00802. The van der Waals surface area contributed by atoms with Gasteiger partial charge in [0.2, 0.25) is 0 Å². The maximum atomic E-state index is 12.4. The van der Waals surface area contributed by atoms with E-state index in [1.165, 1.54) is 0 Å². The van der Waals surface area contributed by atoms with Crippen molar-refractivity contribution < 1.29 is 9.90 Å². The fraction of sp³-hybridized carbons (Fsp3) is 0.562. The van der Waals surface area contributed by atoms with Gasteiger partial charge < -0.3 is 15.3 Å². The van der Waals surface area contributed by atoms with Gasteiger partial charge in [-0.05, 0) is 43.7 Å². The molecule has 1 fully saturated rings. The number of unbranched alkanes of at least 4 members (excludes halogenated alkanes) is 1. The molecule has 1 saturated carbocycles. The third-order valence-corrected chi connectivity index (χ3v) is 3.70. The quantitative estimate of drug-likeness (QED) is 0.752. The summed E-state index contributed by atoms with van der Waals surface area (Å²) in [4.78, 5) is 14.3. The molecule has 4 nitrogen and oxygen atoms in total. The number of para-hydroxylation sites is 1. The zero-order valence-corrected chi connectivity index (χ0v) is 12.1. The Bertz CT molecular complexity index is 444. The molecule has 0 aromatic heterocycles. The summed E-state index contributed by atoms with van der Waals surface area (Å²) < 4.78 is 0. The van der Waals surface area contributed by atoms with Crippen molar-refractivity contribution in [2.45, 2.75) is 45.1 Å². The highest BCUT2D eigenvalue weighted by atomic mass is 16.3. The van der Waals surface area contributed by atoms with Crippen molar-refractivity contribution in [2.24, 2.45) is 0 Å². The molecule has 1 aliphatic carbocycles. The number of nitrogens with one attached hydrogen (secondary N) is 1. The molecular formula is C16H24N2O2. The maximum Gasteiger partial charge on any atom is 0.322 e. The molecule has 2 rings (SSSR count). The van der Waals surface area contributed by atoms with E-state index in [0.717, 1.165) is 49.9 Å². The van der Waals surface area contributed by atoms with Gasteiger partial charge in [0.05, 0.1) is 0 Å². The average molecular weight is 276 g/mol. The number of aliphatic hydroxyl groups excluding tert-OH is 1. The van der Waals surface area contributed by atoms with E-state index in [2.05, 4.69) is 12.2 Å². The minimum atomic E-state index is -0.00802. The Morgan fingerprint density at radius 1 is 1.35 bits per heavy atom. The van der Waals surface area contributed by atoms with Crippen LogP contribution in [0.25, 0.3) is 0 Å². The molecule has 0 atom stereocenters. The molecule has 0 bridgehead atoms. The van der Waals surface area contributed by atoms with Gasteiger partial charge in [0.25, 0.3) is 0 Å². The lowest BCUT2D eigenvalue weighted by molar-refractivity contribution is 0.204. The fourth-order valence-corrected chi connectivity index (χ4v) is 2.37. The number of carbonyl (C=O) groups is 1. The molecule has 1 aliphatic rings. The van der Waals surface area contributed by atoms with Crippen LogP contribution in [0.15, 0.2) is 24.3 Å². The van der Waals surface area contributed by atoms with Gasteiger partial charge in [0.1, 0.15) is 0 Å². The highest BCUT2D eigenvalue weighted by molar-refractivity contribution is 5.90. The van der Waals surface area contributed by atoms with Crippen molar-refractivity contribution >= 4 is 11.7 Å². The lowest BCUT2D eigenvalue weighted by Crippen LogP contribution is -2.37. The normalized spacial score (nSPS) is 14.1. The first-order chi connectivity index (χ1) is 9.76. The highest BCUT2D eigenvalue weighted by Gasteiger charge is 2.32. The number of aryl methyl sites for hydroxylation is 1. The van der Waals surface area contributed by atoms with Crippen LogP contribution in [0.1, 0.15) is 38.2 Å². The predicted molar refractivity (Wildman–Crippen MR) is 80.9 cm³/mol. The monoisotopic (exact) mass is 276 g/mol. The molecule has 20 heavy (non-hydrogen) atoms. The van der Waals surface area contributed by atoms with Crippen molar-refractivity contribution in [1.29, 1.82) is 0 Å². The van der Waals surface area contributed by atoms with Crippen molar-refractivity contribution in [3.05, 3.63) is 29.8 Å². The smallest absolute Gasteiger partial charge is 0.322 e. The lowest BCUT2D eigenvalue weighted by Gasteiger charge is -2.23. The first-order valence-electron chi connectivity index (χ1n) is 7.52. The van der Waals surface area contributed by atoms with Crippen LogP contribution in [-0.4, -0.2) is 35.2 Å². The van der Waals surface area contributed by atoms with Gasteiger partial charge in [-0.25, -0.2) is 4.79 Å². The van der Waals surface area contributed by atoms with Gasteiger partial charge in [-0.15, -0.1) is 0 Å². The van der Waals surface area contributed by atoms with Crippen LogP contribution >= 0.6 is 0 Å². The number of aliphatic hydroxyl groups is 1. The zero-order valence-electron chi connectivity index (χ0n) is 12.1. The topological polar surface area (TPSA) is 52.6 Å². The van der Waals surface area contributed by atoms with Crippen LogP contribution in [0.5, 0.6) is 0 Å². The Hall–Kier alpha value is -1.55. The van der Waals surface area contributed by atoms with Gasteiger partial charge >= 0.3 is 6.03 Å². The van der Waals surface area contributed by atoms with Crippen LogP contribution in [0, 0.1) is 0 Å². The standard InChI is InChI=1S/C16H24N2O2/c1-2-13-7-3-4-8-15(13)17-16(20)18(14-9-10-14)11-5-6-12-19/h3-4,7-8,14,19H,2,5-6,9-12H2,1H3,(H,17,20). The number of hydrogen-bond donors (Lipinski definition) is 2. The predicted octanol–water partition coefficient (Wildman–Crippen LogP) is 3.02. The number of carbonyl (C=O) groups excluding carboxylic acids is 1. The van der Waals surface area contributed by atoms with Crippen LogP contribution in [0.3, 0.4) is 0 Å². The number of hydrogen-bond acceptors (Lipinski definition) is 2. The molecule has 0 spiro atoms. The van der Waals surface area contributed by atoms with E-state index in [0.29, 0.717) is 6.04 Å². The van der Waals surface area contributed by atoms with E-state index in [1.54, 1.807) is 0 Å². The Labute approximate surface area is 120 Å². The summed E-state index contributed by atoms with van der Waals surface area (Å²) in [6.07, 6.45) is 4.71. The average Bonchev–Trinajstić information content (AvgIpc) is 3.28. The molecule has 1 aromatic carbocycles. The summed E-state index contributed by atoms with van der Waals surface area (Å²) in [5.74, 6) is 0. The summed E-state index contributed by atoms with van der Waals surface area (Å²) in [7, 11) is 0. The van der Waals surface area contributed by atoms with Gasteiger partial charge in [0.15, 0.2) is 0 Å². The number of anilines is 1. The number of nitrogens with zero attached hydrogens (tertiary/aromatic N) is 1. The number of urea groups is 1. The molecule has 0 radical (unpaired) electrons. The maximum absolute atomic E-state index is 12.4. The van der Waals surface area contributed by atoms with E-state index >= 15 is 0 Å². The highest BCUT2D eigenvalue weighted by Crippen LogP contribution is 2.28. The van der Waals surface area contributed by atoms with Crippen LogP contribution in [0.4, 0.5) is 10.5 Å². The third kappa shape index (κ3) is 3.97. The van der Waals surface area contributed by atoms with Crippen molar-refractivity contribution in [3.63, 3.8) is 0 Å². The van der Waals surface area contributed by atoms with Crippen LogP contribution in [0.2, 0.25) is 0 Å². The van der Waals surface area contributed by atoms with Gasteiger partial charge in [-0.3, -0.25) is 0 Å². The van der Waals surface area contributed by atoms with Crippen molar-refractivity contribution in [3.8, 4) is 0 Å². The van der Waals surface area contributed by atoms with Crippen LogP contribution in [-0.2, 0) is 6.42 Å². The van der Waals surface area contributed by atoms with Gasteiger partial charge in [-0.2, -0.15) is 0 Å². The molecular weight excluding hydrogens is 252 g/mol.